The molecular weight excluding hydrogens is 390 g/mol. The first-order chi connectivity index (χ1) is 12.7. The summed E-state index contributed by atoms with van der Waals surface area (Å²) < 4.78 is 10.8. The molecule has 0 aliphatic heterocycles. The number of hydrogen-bond donors (Lipinski definition) is 2. The Balaban J connectivity index is 0.00000210. The number of thiazole rings is 1. The number of amides is 1. The zero-order valence-corrected chi connectivity index (χ0v) is 15.9. The molecule has 0 unspecified atom stereocenters. The maximum atomic E-state index is 12.1. The minimum atomic E-state index is -0.269. The van der Waals surface area contributed by atoms with E-state index < -0.39 is 0 Å². The number of hydrogen-bond acceptors (Lipinski definition) is 8. The van der Waals surface area contributed by atoms with Crippen LogP contribution < -0.4 is 15.8 Å². The van der Waals surface area contributed by atoms with Crippen LogP contribution in [0, 0.1) is 0 Å². The first-order valence-corrected chi connectivity index (χ1v) is 9.10. The molecule has 0 bridgehead atoms. The number of carbonyl (C=O) groups excluding carboxylic acids is 1. The van der Waals surface area contributed by atoms with Crippen LogP contribution in [0.1, 0.15) is 46.0 Å². The van der Waals surface area contributed by atoms with E-state index in [9.17, 15) is 4.79 Å². The van der Waals surface area contributed by atoms with Gasteiger partial charge >= 0.3 is 0 Å². The fourth-order valence-corrected chi connectivity index (χ4v) is 2.96. The molecule has 4 rings (SSSR count). The van der Waals surface area contributed by atoms with Gasteiger partial charge in [0.25, 0.3) is 5.91 Å². The summed E-state index contributed by atoms with van der Waals surface area (Å²) in [6, 6.07) is 7.05. The van der Waals surface area contributed by atoms with Crippen LogP contribution in [0.5, 0.6) is 5.75 Å². The van der Waals surface area contributed by atoms with Crippen molar-refractivity contribution >= 4 is 35.3 Å². The van der Waals surface area contributed by atoms with E-state index in [1.54, 1.807) is 29.6 Å². The Morgan fingerprint density at radius 3 is 2.74 bits per heavy atom. The second-order valence-corrected chi connectivity index (χ2v) is 6.86. The fourth-order valence-electron chi connectivity index (χ4n) is 2.31. The van der Waals surface area contributed by atoms with Gasteiger partial charge in [0.1, 0.15) is 16.5 Å². The second-order valence-electron chi connectivity index (χ2n) is 5.92. The largest absolute Gasteiger partial charge is 0.485 e. The van der Waals surface area contributed by atoms with Gasteiger partial charge in [-0.15, -0.1) is 23.7 Å². The van der Waals surface area contributed by atoms with Gasteiger partial charge in [-0.1, -0.05) is 5.16 Å². The van der Waals surface area contributed by atoms with Gasteiger partial charge in [-0.3, -0.25) is 4.79 Å². The lowest BCUT2D eigenvalue weighted by Crippen LogP contribution is -2.12. The van der Waals surface area contributed by atoms with Crippen molar-refractivity contribution in [2.75, 3.05) is 5.32 Å². The monoisotopic (exact) mass is 407 g/mol. The van der Waals surface area contributed by atoms with Crippen molar-refractivity contribution in [3.8, 4) is 5.75 Å². The number of benzene rings is 1. The van der Waals surface area contributed by atoms with E-state index >= 15 is 0 Å². The minimum Gasteiger partial charge on any atom is -0.485 e. The van der Waals surface area contributed by atoms with Gasteiger partial charge in [-0.25, -0.2) is 4.98 Å². The molecule has 1 amide bonds. The number of carbonyl (C=O) groups is 1. The lowest BCUT2D eigenvalue weighted by molar-refractivity contribution is 0.102. The van der Waals surface area contributed by atoms with Crippen molar-refractivity contribution in [1.82, 2.24) is 15.1 Å². The molecule has 1 fully saturated rings. The standard InChI is InChI=1S/C17H17N5O3S.ClH/c18-7-15-20-13(9-26-15)16(23)19-11-3-5-12(6-4-11)24-8-14-21-17(25-22-14)10-1-2-10;/h3-6,9-10H,1-2,7-8,18H2,(H,19,23);1H. The van der Waals surface area contributed by atoms with Crippen LogP contribution >= 0.6 is 23.7 Å². The molecule has 1 aliphatic carbocycles. The summed E-state index contributed by atoms with van der Waals surface area (Å²) >= 11 is 1.37. The van der Waals surface area contributed by atoms with E-state index in [-0.39, 0.29) is 24.9 Å². The summed E-state index contributed by atoms with van der Waals surface area (Å²) in [7, 11) is 0. The molecule has 3 aromatic rings. The average molecular weight is 408 g/mol. The quantitative estimate of drug-likeness (QED) is 0.617. The zero-order valence-electron chi connectivity index (χ0n) is 14.3. The van der Waals surface area contributed by atoms with Gasteiger partial charge in [0.2, 0.25) is 11.7 Å². The summed E-state index contributed by atoms with van der Waals surface area (Å²) in [4.78, 5) is 20.6. The molecule has 142 valence electrons. The number of nitrogens with two attached hydrogens (primary N) is 1. The van der Waals surface area contributed by atoms with Crippen LogP contribution in [0.15, 0.2) is 34.2 Å². The van der Waals surface area contributed by atoms with Crippen LogP contribution in [-0.2, 0) is 13.2 Å². The molecule has 3 N–H and O–H groups in total. The van der Waals surface area contributed by atoms with Gasteiger partial charge in [-0.05, 0) is 37.1 Å². The second kappa shape index (κ2) is 8.47. The smallest absolute Gasteiger partial charge is 0.275 e. The predicted molar refractivity (Wildman–Crippen MR) is 102 cm³/mol. The molecule has 0 atom stereocenters. The molecule has 2 heterocycles. The van der Waals surface area contributed by atoms with E-state index in [0.29, 0.717) is 41.3 Å². The maximum Gasteiger partial charge on any atom is 0.275 e. The molecule has 1 aliphatic rings. The van der Waals surface area contributed by atoms with Crippen molar-refractivity contribution in [3.05, 3.63) is 52.1 Å². The SMILES string of the molecule is Cl.NCc1nc(C(=O)Nc2ccc(OCc3noc(C4CC4)n3)cc2)cs1. The van der Waals surface area contributed by atoms with Crippen LogP contribution in [0.4, 0.5) is 5.69 Å². The molecule has 27 heavy (non-hydrogen) atoms. The predicted octanol–water partition coefficient (Wildman–Crippen LogP) is 3.12. The van der Waals surface area contributed by atoms with E-state index in [0.717, 1.165) is 17.8 Å². The summed E-state index contributed by atoms with van der Waals surface area (Å²) in [6.45, 7) is 0.565. The van der Waals surface area contributed by atoms with Gasteiger partial charge in [0.05, 0.1) is 0 Å². The Hall–Kier alpha value is -2.49. The highest BCUT2D eigenvalue weighted by molar-refractivity contribution is 7.09. The average Bonchev–Trinajstić information content (AvgIpc) is 3.21. The maximum absolute atomic E-state index is 12.1. The number of anilines is 1. The molecule has 0 spiro atoms. The molecule has 8 nitrogen and oxygen atoms in total. The Bertz CT molecular complexity index is 907. The molecule has 1 aromatic carbocycles. The summed E-state index contributed by atoms with van der Waals surface area (Å²) in [5.74, 6) is 2.04. The zero-order chi connectivity index (χ0) is 17.9. The number of halogens is 1. The van der Waals surface area contributed by atoms with Crippen molar-refractivity contribution in [2.24, 2.45) is 5.73 Å². The van der Waals surface area contributed by atoms with Crippen molar-refractivity contribution in [2.45, 2.75) is 31.9 Å². The van der Waals surface area contributed by atoms with E-state index in [4.69, 9.17) is 15.0 Å². The normalized spacial score (nSPS) is 13.1. The molecule has 2 aromatic heterocycles. The molecule has 0 saturated heterocycles. The van der Waals surface area contributed by atoms with Gasteiger partial charge < -0.3 is 20.3 Å². The van der Waals surface area contributed by atoms with Crippen LogP contribution in [-0.4, -0.2) is 21.0 Å². The highest BCUT2D eigenvalue weighted by Crippen LogP contribution is 2.38. The fraction of sp³-hybridized carbons (Fsp3) is 0.294. The first kappa shape index (κ1) is 19.3. The van der Waals surface area contributed by atoms with Crippen LogP contribution in [0.25, 0.3) is 0 Å². The van der Waals surface area contributed by atoms with Crippen molar-refractivity contribution in [3.63, 3.8) is 0 Å². The van der Waals surface area contributed by atoms with Crippen molar-refractivity contribution in [1.29, 1.82) is 0 Å². The van der Waals surface area contributed by atoms with Crippen LogP contribution in [0.2, 0.25) is 0 Å². The Morgan fingerprint density at radius 1 is 1.30 bits per heavy atom. The highest BCUT2D eigenvalue weighted by Gasteiger charge is 2.29. The topological polar surface area (TPSA) is 116 Å². The lowest BCUT2D eigenvalue weighted by atomic mass is 10.3. The number of ether oxygens (including phenoxy) is 1. The Labute approximate surface area is 165 Å². The molecule has 10 heteroatoms. The summed E-state index contributed by atoms with van der Waals surface area (Å²) in [6.07, 6.45) is 2.23. The third-order valence-electron chi connectivity index (χ3n) is 3.85. The summed E-state index contributed by atoms with van der Waals surface area (Å²) in [5.41, 5.74) is 6.52. The molecular formula is C17H18ClN5O3S. The highest BCUT2D eigenvalue weighted by atomic mass is 35.5. The molecule has 0 radical (unpaired) electrons. The number of nitrogens with one attached hydrogen (secondary N) is 1. The Morgan fingerprint density at radius 2 is 2.07 bits per heavy atom. The lowest BCUT2D eigenvalue weighted by Gasteiger charge is -2.06. The van der Waals surface area contributed by atoms with Gasteiger partial charge in [-0.2, -0.15) is 4.98 Å². The van der Waals surface area contributed by atoms with Gasteiger partial charge in [0.15, 0.2) is 6.61 Å². The van der Waals surface area contributed by atoms with E-state index in [1.807, 2.05) is 0 Å². The van der Waals surface area contributed by atoms with Crippen molar-refractivity contribution < 1.29 is 14.1 Å². The van der Waals surface area contributed by atoms with E-state index in [2.05, 4.69) is 20.4 Å². The number of aromatic nitrogens is 3. The molecule has 1 saturated carbocycles. The Kier molecular flexibility index (Phi) is 6.04. The van der Waals surface area contributed by atoms with Gasteiger partial charge in [0, 0.05) is 23.5 Å². The van der Waals surface area contributed by atoms with E-state index in [1.165, 1.54) is 11.3 Å². The third-order valence-corrected chi connectivity index (χ3v) is 4.72. The minimum absolute atomic E-state index is 0. The van der Waals surface area contributed by atoms with Crippen LogP contribution in [0.3, 0.4) is 0 Å². The number of nitrogens with zero attached hydrogens (tertiary/aromatic N) is 3. The first-order valence-electron chi connectivity index (χ1n) is 8.22. The third kappa shape index (κ3) is 4.82. The number of rotatable bonds is 7. The summed E-state index contributed by atoms with van der Waals surface area (Å²) in [5, 5.41) is 9.11.